The number of nitrogens with zero attached hydrogens (tertiary/aromatic N) is 5. The van der Waals surface area contributed by atoms with Gasteiger partial charge in [-0.2, -0.15) is 4.98 Å². The van der Waals surface area contributed by atoms with E-state index < -0.39 is 30.1 Å². The van der Waals surface area contributed by atoms with E-state index in [4.69, 9.17) is 8.83 Å². The van der Waals surface area contributed by atoms with Crippen molar-refractivity contribution in [2.24, 2.45) is 0 Å². The molecule has 1 saturated heterocycles. The zero-order valence-corrected chi connectivity index (χ0v) is 21.0. The van der Waals surface area contributed by atoms with Crippen LogP contribution >= 0.6 is 0 Å². The zero-order chi connectivity index (χ0) is 26.6. The predicted octanol–water partition coefficient (Wildman–Crippen LogP) is 5.21. The Balaban J connectivity index is 1.45. The Morgan fingerprint density at radius 3 is 2.76 bits per heavy atom. The normalized spacial score (nSPS) is 21.2. The molecule has 0 radical (unpaired) electrons. The molecule has 2 unspecified atom stereocenters. The minimum atomic E-state index is -1.58. The highest BCUT2D eigenvalue weighted by molar-refractivity contribution is 5.94. The van der Waals surface area contributed by atoms with Gasteiger partial charge in [-0.25, -0.2) is 23.1 Å². The molecule has 1 amide bonds. The molecule has 0 saturated carbocycles. The third kappa shape index (κ3) is 4.11. The summed E-state index contributed by atoms with van der Waals surface area (Å²) >= 11 is 0. The Bertz CT molecular complexity index is 1470. The van der Waals surface area contributed by atoms with Crippen LogP contribution in [-0.2, 0) is 6.42 Å². The molecule has 3 aromatic heterocycles. The van der Waals surface area contributed by atoms with Gasteiger partial charge >= 0.3 is 0 Å². The maximum Gasteiger partial charge on any atom is 0.298 e. The lowest BCUT2D eigenvalue weighted by atomic mass is 9.93. The predicted molar refractivity (Wildman–Crippen MR) is 131 cm³/mol. The number of rotatable bonds is 5. The maximum atomic E-state index is 14.8. The average molecular weight is 529 g/mol. The Labute approximate surface area is 216 Å². The van der Waals surface area contributed by atoms with Crippen LogP contribution in [-0.4, -0.2) is 56.0 Å². The number of imidazole rings is 1. The minimum Gasteiger partial charge on any atom is -0.438 e. The highest BCUT2D eigenvalue weighted by atomic mass is 19.1. The van der Waals surface area contributed by atoms with Crippen molar-refractivity contribution < 1.29 is 26.8 Å². The van der Waals surface area contributed by atoms with Gasteiger partial charge in [0.2, 0.25) is 11.7 Å². The van der Waals surface area contributed by atoms with E-state index in [1.54, 1.807) is 9.80 Å². The number of aromatic nitrogens is 4. The summed E-state index contributed by atoms with van der Waals surface area (Å²) < 4.78 is 54.3. The number of aromatic amines is 1. The van der Waals surface area contributed by atoms with E-state index in [1.807, 2.05) is 6.92 Å². The summed E-state index contributed by atoms with van der Waals surface area (Å²) in [5.74, 6) is -1.11. The maximum absolute atomic E-state index is 14.8. The summed E-state index contributed by atoms with van der Waals surface area (Å²) in [6, 6.07) is 2.91. The molecule has 1 N–H and O–H groups in total. The number of halogens is 3. The van der Waals surface area contributed by atoms with Gasteiger partial charge in [-0.1, -0.05) is 6.92 Å². The number of carbonyl (C=O) groups excluding carboxylic acids is 1. The number of alkyl halides is 2. The van der Waals surface area contributed by atoms with Crippen LogP contribution in [0.5, 0.6) is 0 Å². The van der Waals surface area contributed by atoms with Gasteiger partial charge in [0, 0.05) is 37.3 Å². The van der Waals surface area contributed by atoms with Crippen LogP contribution < -0.4 is 4.90 Å². The largest absolute Gasteiger partial charge is 0.438 e. The molecule has 200 valence electrons. The van der Waals surface area contributed by atoms with Gasteiger partial charge in [-0.05, 0) is 38.3 Å². The number of fused-ring (bicyclic) bond motifs is 2. The first kappa shape index (κ1) is 24.5. The zero-order valence-electron chi connectivity index (χ0n) is 21.0. The van der Waals surface area contributed by atoms with E-state index in [-0.39, 0.29) is 29.4 Å². The fourth-order valence-corrected chi connectivity index (χ4v) is 5.34. The molecule has 0 bridgehead atoms. The minimum absolute atomic E-state index is 0.0964. The fraction of sp³-hybridized carbons (Fsp3) is 0.462. The first-order valence-electron chi connectivity index (χ1n) is 12.8. The number of piperidine rings is 1. The van der Waals surface area contributed by atoms with Crippen molar-refractivity contribution in [2.75, 3.05) is 18.0 Å². The van der Waals surface area contributed by atoms with Crippen LogP contribution in [0.2, 0.25) is 0 Å². The van der Waals surface area contributed by atoms with Crippen LogP contribution in [0.15, 0.2) is 33.4 Å². The van der Waals surface area contributed by atoms with Crippen molar-refractivity contribution in [2.45, 2.75) is 64.0 Å². The van der Waals surface area contributed by atoms with Crippen LogP contribution in [0.4, 0.5) is 19.2 Å². The van der Waals surface area contributed by atoms with Gasteiger partial charge in [-0.15, -0.1) is 0 Å². The molecule has 2 aliphatic heterocycles. The molecular weight excluding hydrogens is 501 g/mol. The van der Waals surface area contributed by atoms with E-state index in [2.05, 4.69) is 19.9 Å². The van der Waals surface area contributed by atoms with Gasteiger partial charge < -0.3 is 23.6 Å². The molecule has 1 fully saturated rings. The fourth-order valence-electron chi connectivity index (χ4n) is 5.34. The Kier molecular flexibility index (Phi) is 6.11. The first-order valence-corrected chi connectivity index (χ1v) is 12.8. The molecular formula is C26H27F3N6O3. The van der Waals surface area contributed by atoms with Crippen molar-refractivity contribution in [3.8, 4) is 0 Å². The Morgan fingerprint density at radius 2 is 2.03 bits per heavy atom. The third-order valence-electron chi connectivity index (χ3n) is 7.34. The van der Waals surface area contributed by atoms with Crippen molar-refractivity contribution in [1.29, 1.82) is 0 Å². The molecule has 2 aliphatic rings. The van der Waals surface area contributed by atoms with E-state index in [0.717, 1.165) is 5.69 Å². The van der Waals surface area contributed by atoms with Gasteiger partial charge in [0.05, 0.1) is 12.0 Å². The molecule has 12 heteroatoms. The summed E-state index contributed by atoms with van der Waals surface area (Å²) in [6.45, 7) is 3.94. The second-order valence-electron chi connectivity index (χ2n) is 9.80. The van der Waals surface area contributed by atoms with Gasteiger partial charge in [0.25, 0.3) is 11.9 Å². The van der Waals surface area contributed by atoms with E-state index in [0.29, 0.717) is 55.6 Å². The number of benzene rings is 1. The monoisotopic (exact) mass is 528 g/mol. The van der Waals surface area contributed by atoms with Crippen LogP contribution in [0.3, 0.4) is 0 Å². The van der Waals surface area contributed by atoms with E-state index >= 15 is 0 Å². The lowest BCUT2D eigenvalue weighted by Gasteiger charge is -2.39. The quantitative estimate of drug-likeness (QED) is 0.379. The van der Waals surface area contributed by atoms with Crippen molar-refractivity contribution in [1.82, 2.24) is 24.8 Å². The molecule has 9 nitrogen and oxygen atoms in total. The number of nitrogens with one attached hydrogen (secondary N) is 1. The second-order valence-corrected chi connectivity index (χ2v) is 9.80. The van der Waals surface area contributed by atoms with Crippen LogP contribution in [0, 0.1) is 5.82 Å². The molecule has 4 aromatic rings. The van der Waals surface area contributed by atoms with Crippen molar-refractivity contribution >= 4 is 23.0 Å². The molecule has 3 atom stereocenters. The Morgan fingerprint density at radius 1 is 1.24 bits per heavy atom. The first-order chi connectivity index (χ1) is 18.3. The molecule has 0 spiro atoms. The number of carbonyl (C=O) groups is 1. The highest BCUT2D eigenvalue weighted by Crippen LogP contribution is 2.40. The molecule has 38 heavy (non-hydrogen) atoms. The van der Waals surface area contributed by atoms with Gasteiger partial charge in [-0.3, -0.25) is 4.79 Å². The summed E-state index contributed by atoms with van der Waals surface area (Å²) in [4.78, 5) is 33.9. The number of hydrogen-bond donors (Lipinski definition) is 1. The second kappa shape index (κ2) is 9.48. The van der Waals surface area contributed by atoms with Gasteiger partial charge in [0.15, 0.2) is 11.6 Å². The average Bonchev–Trinajstić information content (AvgIpc) is 3.65. The number of oxazole rings is 2. The van der Waals surface area contributed by atoms with Gasteiger partial charge in [0.1, 0.15) is 29.4 Å². The number of H-pyrrole nitrogens is 1. The summed E-state index contributed by atoms with van der Waals surface area (Å²) in [6.07, 6.45) is 0.708. The lowest BCUT2D eigenvalue weighted by Crippen LogP contribution is -2.48. The SMILES string of the molecule is CCC1Cc2[nH]cnc2[C@@H](c2nc3cc(F)ccc3o2)N1C(=O)c1oc(N2CCC(F)CC2)nc1C(C)F. The van der Waals surface area contributed by atoms with Crippen LogP contribution in [0.25, 0.3) is 11.1 Å². The summed E-state index contributed by atoms with van der Waals surface area (Å²) in [5, 5.41) is 0. The number of amides is 1. The molecule has 5 heterocycles. The molecule has 6 rings (SSSR count). The lowest BCUT2D eigenvalue weighted by molar-refractivity contribution is 0.0501. The highest BCUT2D eigenvalue weighted by Gasteiger charge is 2.45. The number of anilines is 1. The number of hydrogen-bond acceptors (Lipinski definition) is 7. The van der Waals surface area contributed by atoms with Crippen molar-refractivity contribution in [3.63, 3.8) is 0 Å². The summed E-state index contributed by atoms with van der Waals surface area (Å²) in [5.41, 5.74) is 1.91. The van der Waals surface area contributed by atoms with Crippen molar-refractivity contribution in [3.05, 3.63) is 59.1 Å². The van der Waals surface area contributed by atoms with Crippen LogP contribution in [0.1, 0.15) is 78.9 Å². The standard InChI is InChI=1S/C26H27F3N6O3/c1-3-16-11-18-21(31-12-30-18)22(24-32-17-10-15(29)4-5-19(17)37-24)35(16)25(36)23-20(13(2)27)33-26(38-23)34-8-6-14(28)7-9-34/h4-5,10,12-14,16,22H,3,6-9,11H2,1-2H3,(H,30,31)/t13?,16?,22-/m0/s1. The molecule has 0 aliphatic carbocycles. The Hall–Kier alpha value is -3.83. The topological polar surface area (TPSA) is 104 Å². The van der Waals surface area contributed by atoms with E-state index in [1.165, 1.54) is 31.5 Å². The summed E-state index contributed by atoms with van der Waals surface area (Å²) in [7, 11) is 0. The van der Waals surface area contributed by atoms with E-state index in [9.17, 15) is 18.0 Å². The molecule has 1 aromatic carbocycles. The third-order valence-corrected chi connectivity index (χ3v) is 7.34. The smallest absolute Gasteiger partial charge is 0.298 e.